The molecule has 8 heteroatoms. The highest BCUT2D eigenvalue weighted by Gasteiger charge is 2.13. The summed E-state index contributed by atoms with van der Waals surface area (Å²) in [6, 6.07) is 7.20. The van der Waals surface area contributed by atoms with Crippen molar-refractivity contribution in [3.05, 3.63) is 41.6 Å². The average Bonchev–Trinajstić information content (AvgIpc) is 2.94. The van der Waals surface area contributed by atoms with Gasteiger partial charge < -0.3 is 21.0 Å². The third-order valence-electron chi connectivity index (χ3n) is 2.79. The highest BCUT2D eigenvalue weighted by Crippen LogP contribution is 2.15. The first-order chi connectivity index (χ1) is 10.1. The number of ether oxygens (including phenoxy) is 1. The molecule has 0 aliphatic heterocycles. The van der Waals surface area contributed by atoms with Crippen LogP contribution in [0.2, 0.25) is 0 Å². The van der Waals surface area contributed by atoms with E-state index in [1.165, 1.54) is 6.20 Å². The Balaban J connectivity index is 2.07. The summed E-state index contributed by atoms with van der Waals surface area (Å²) in [5, 5.41) is 20.5. The average molecular weight is 289 g/mol. The number of amidine groups is 1. The van der Waals surface area contributed by atoms with Gasteiger partial charge in [0.25, 0.3) is 0 Å². The highest BCUT2D eigenvalue weighted by molar-refractivity contribution is 6.04. The third-order valence-corrected chi connectivity index (χ3v) is 2.79. The molecule has 8 nitrogen and oxygen atoms in total. The van der Waals surface area contributed by atoms with E-state index in [2.05, 4.69) is 20.7 Å². The zero-order valence-corrected chi connectivity index (χ0v) is 11.3. The molecule has 0 saturated carbocycles. The lowest BCUT2D eigenvalue weighted by Crippen LogP contribution is -2.19. The van der Waals surface area contributed by atoms with Gasteiger partial charge in [-0.3, -0.25) is 9.89 Å². The summed E-state index contributed by atoms with van der Waals surface area (Å²) in [7, 11) is 1.56. The Morgan fingerprint density at radius 3 is 3.10 bits per heavy atom. The van der Waals surface area contributed by atoms with Crippen molar-refractivity contribution in [1.82, 2.24) is 10.2 Å². The number of nitrogens with one attached hydrogen (secondary N) is 2. The number of benzene rings is 1. The van der Waals surface area contributed by atoms with E-state index in [9.17, 15) is 4.79 Å². The van der Waals surface area contributed by atoms with E-state index in [0.717, 1.165) is 5.56 Å². The first-order valence-corrected chi connectivity index (χ1v) is 6.08. The quantitative estimate of drug-likeness (QED) is 0.279. The van der Waals surface area contributed by atoms with Crippen LogP contribution in [0, 0.1) is 0 Å². The summed E-state index contributed by atoms with van der Waals surface area (Å²) < 4.78 is 5.10. The van der Waals surface area contributed by atoms with Gasteiger partial charge in [0.15, 0.2) is 5.84 Å². The molecule has 0 unspecified atom stereocenters. The van der Waals surface area contributed by atoms with Crippen LogP contribution < -0.4 is 15.8 Å². The smallest absolute Gasteiger partial charge is 0.229 e. The van der Waals surface area contributed by atoms with Crippen LogP contribution in [-0.2, 0) is 11.2 Å². The fourth-order valence-corrected chi connectivity index (χ4v) is 1.78. The maximum atomic E-state index is 12.0. The van der Waals surface area contributed by atoms with E-state index in [0.29, 0.717) is 11.3 Å². The molecule has 1 heterocycles. The van der Waals surface area contributed by atoms with E-state index in [1.807, 2.05) is 6.07 Å². The summed E-state index contributed by atoms with van der Waals surface area (Å²) in [5.74, 6) is 0.553. The second kappa shape index (κ2) is 6.42. The van der Waals surface area contributed by atoms with Gasteiger partial charge in [-0.2, -0.15) is 5.10 Å². The molecule has 0 bridgehead atoms. The van der Waals surface area contributed by atoms with Crippen LogP contribution in [0.4, 0.5) is 5.82 Å². The minimum Gasteiger partial charge on any atom is -0.497 e. The lowest BCUT2D eigenvalue weighted by atomic mass is 10.1. The minimum atomic E-state index is -0.264. The maximum absolute atomic E-state index is 12.0. The number of methoxy groups -OCH3 is 1. The molecule has 21 heavy (non-hydrogen) atoms. The van der Waals surface area contributed by atoms with E-state index in [-0.39, 0.29) is 24.0 Å². The van der Waals surface area contributed by atoms with Crippen LogP contribution in [0.5, 0.6) is 5.75 Å². The van der Waals surface area contributed by atoms with Crippen LogP contribution in [0.1, 0.15) is 11.1 Å². The normalized spacial score (nSPS) is 11.2. The van der Waals surface area contributed by atoms with Gasteiger partial charge in [-0.1, -0.05) is 17.3 Å². The predicted molar refractivity (Wildman–Crippen MR) is 76.4 cm³/mol. The Morgan fingerprint density at radius 1 is 1.57 bits per heavy atom. The van der Waals surface area contributed by atoms with Gasteiger partial charge in [0.2, 0.25) is 5.91 Å². The number of hydrogen-bond donors (Lipinski definition) is 4. The van der Waals surface area contributed by atoms with Gasteiger partial charge in [-0.15, -0.1) is 0 Å². The number of aromatic nitrogens is 2. The molecule has 0 radical (unpaired) electrons. The molecule has 2 rings (SSSR count). The van der Waals surface area contributed by atoms with Crippen molar-refractivity contribution in [3.63, 3.8) is 0 Å². The Hall–Kier alpha value is -3.03. The van der Waals surface area contributed by atoms with Gasteiger partial charge in [-0.05, 0) is 17.7 Å². The third kappa shape index (κ3) is 3.50. The Bertz CT molecular complexity index is 665. The molecule has 0 aliphatic carbocycles. The molecular formula is C13H15N5O3. The van der Waals surface area contributed by atoms with Crippen LogP contribution in [0.15, 0.2) is 35.6 Å². The fraction of sp³-hybridized carbons (Fsp3) is 0.154. The molecule has 2 aromatic rings. The van der Waals surface area contributed by atoms with Crippen LogP contribution in [0.3, 0.4) is 0 Å². The van der Waals surface area contributed by atoms with Crippen molar-refractivity contribution in [2.45, 2.75) is 6.42 Å². The molecule has 1 aromatic carbocycles. The highest BCUT2D eigenvalue weighted by atomic mass is 16.5. The SMILES string of the molecule is COc1cccc(CC(=O)Nc2[nH]ncc2C(N)=NO)c1. The van der Waals surface area contributed by atoms with Gasteiger partial charge in [0.1, 0.15) is 11.6 Å². The van der Waals surface area contributed by atoms with E-state index >= 15 is 0 Å². The molecule has 0 aliphatic rings. The molecule has 0 spiro atoms. The van der Waals surface area contributed by atoms with Crippen molar-refractivity contribution in [3.8, 4) is 5.75 Å². The molecule has 0 saturated heterocycles. The maximum Gasteiger partial charge on any atom is 0.229 e. The monoisotopic (exact) mass is 289 g/mol. The number of H-pyrrole nitrogens is 1. The topological polar surface area (TPSA) is 126 Å². The van der Waals surface area contributed by atoms with Crippen molar-refractivity contribution >= 4 is 17.6 Å². The standard InChI is InChI=1S/C13H15N5O3/c1-21-9-4-2-3-8(5-9)6-11(19)16-13-10(7-15-17-13)12(14)18-20/h2-5,7,20H,6H2,1H3,(H2,14,18)(H2,15,16,17,19). The molecule has 1 amide bonds. The van der Waals surface area contributed by atoms with Crippen molar-refractivity contribution < 1.29 is 14.7 Å². The number of aromatic amines is 1. The fourth-order valence-electron chi connectivity index (χ4n) is 1.78. The zero-order valence-electron chi connectivity index (χ0n) is 11.3. The van der Waals surface area contributed by atoms with Crippen LogP contribution in [0.25, 0.3) is 0 Å². The number of nitrogens with two attached hydrogens (primary N) is 1. The second-order valence-corrected chi connectivity index (χ2v) is 4.22. The number of carbonyl (C=O) groups excluding carboxylic acids is 1. The summed E-state index contributed by atoms with van der Waals surface area (Å²) in [6.07, 6.45) is 1.52. The van der Waals surface area contributed by atoms with Gasteiger partial charge in [-0.25, -0.2) is 0 Å². The summed E-state index contributed by atoms with van der Waals surface area (Å²) in [4.78, 5) is 12.0. The molecule has 1 aromatic heterocycles. The summed E-state index contributed by atoms with van der Waals surface area (Å²) in [5.41, 5.74) is 6.60. The predicted octanol–water partition coefficient (Wildman–Crippen LogP) is 0.694. The van der Waals surface area contributed by atoms with E-state index in [4.69, 9.17) is 15.7 Å². The Labute approximate surface area is 120 Å². The number of anilines is 1. The zero-order chi connectivity index (χ0) is 15.2. The lowest BCUT2D eigenvalue weighted by molar-refractivity contribution is -0.115. The minimum absolute atomic E-state index is 0.138. The largest absolute Gasteiger partial charge is 0.497 e. The van der Waals surface area contributed by atoms with E-state index < -0.39 is 0 Å². The molecule has 0 atom stereocenters. The molecular weight excluding hydrogens is 274 g/mol. The Morgan fingerprint density at radius 2 is 2.38 bits per heavy atom. The second-order valence-electron chi connectivity index (χ2n) is 4.22. The number of hydrogen-bond acceptors (Lipinski definition) is 5. The van der Waals surface area contributed by atoms with Crippen LogP contribution >= 0.6 is 0 Å². The summed E-state index contributed by atoms with van der Waals surface area (Å²) >= 11 is 0. The summed E-state index contributed by atoms with van der Waals surface area (Å²) in [6.45, 7) is 0. The first-order valence-electron chi connectivity index (χ1n) is 6.08. The molecule has 110 valence electrons. The van der Waals surface area contributed by atoms with E-state index in [1.54, 1.807) is 25.3 Å². The molecule has 0 fully saturated rings. The van der Waals surface area contributed by atoms with Crippen molar-refractivity contribution in [2.24, 2.45) is 10.9 Å². The number of rotatable bonds is 5. The number of nitrogens with zero attached hydrogens (tertiary/aromatic N) is 2. The first kappa shape index (κ1) is 14.4. The van der Waals surface area contributed by atoms with Crippen molar-refractivity contribution in [1.29, 1.82) is 0 Å². The van der Waals surface area contributed by atoms with Gasteiger partial charge >= 0.3 is 0 Å². The molecule has 5 N–H and O–H groups in total. The van der Waals surface area contributed by atoms with Crippen molar-refractivity contribution in [2.75, 3.05) is 12.4 Å². The van der Waals surface area contributed by atoms with Gasteiger partial charge in [0.05, 0.1) is 25.3 Å². The number of amides is 1. The lowest BCUT2D eigenvalue weighted by Gasteiger charge is -2.06. The number of carbonyl (C=O) groups is 1. The Kier molecular flexibility index (Phi) is 4.39. The van der Waals surface area contributed by atoms with Crippen LogP contribution in [-0.4, -0.2) is 34.3 Å². The number of oxime groups is 1. The van der Waals surface area contributed by atoms with Gasteiger partial charge in [0, 0.05) is 0 Å².